The minimum absolute atomic E-state index is 0. The second kappa shape index (κ2) is 57.2. The van der Waals surface area contributed by atoms with Crippen molar-refractivity contribution in [3.8, 4) is 0 Å². The van der Waals surface area contributed by atoms with Crippen LogP contribution in [0.1, 0.15) is 54.4 Å². The largest absolute Gasteiger partial charge is 2.00 e. The van der Waals surface area contributed by atoms with E-state index in [1.165, 1.54) is 11.8 Å². The maximum atomic E-state index is 3.54. The molecule has 0 spiro atoms. The van der Waals surface area contributed by atoms with Gasteiger partial charge in [-0.2, -0.15) is 41.5 Å². The average molecular weight is 1230 g/mol. The van der Waals surface area contributed by atoms with Crippen molar-refractivity contribution in [1.29, 1.82) is 0 Å². The van der Waals surface area contributed by atoms with Gasteiger partial charge in [0.05, 0.1) is 0 Å². The Morgan fingerprint density at radius 2 is 0.722 bits per heavy atom. The average Bonchev–Trinajstić information content (AvgIpc) is 1.85. The van der Waals surface area contributed by atoms with Crippen LogP contribution >= 0.6 is 0 Å². The molecule has 0 unspecified atom stereocenters. The maximum absolute atomic E-state index is 3.54. The van der Waals surface area contributed by atoms with Gasteiger partial charge in [0, 0.05) is 94.9 Å². The molecule has 0 amide bonds. The van der Waals surface area contributed by atoms with E-state index in [4.69, 9.17) is 0 Å². The Morgan fingerprint density at radius 3 is 0.722 bits per heavy atom. The van der Waals surface area contributed by atoms with E-state index in [1.54, 1.807) is 0 Å². The molecule has 0 aromatic heterocycles. The molecule has 1 radical (unpaired) electrons. The van der Waals surface area contributed by atoms with Crippen molar-refractivity contribution in [3.63, 3.8) is 0 Å². The van der Waals surface area contributed by atoms with Gasteiger partial charge in [0.15, 0.2) is 0 Å². The third kappa shape index (κ3) is 221. The van der Waals surface area contributed by atoms with Crippen LogP contribution in [0, 0.1) is 158 Å². The summed E-state index contributed by atoms with van der Waals surface area (Å²) < 4.78 is 0. The van der Waals surface area contributed by atoms with Gasteiger partial charge in [0.1, 0.15) is 0 Å². The molecule has 0 aromatic carbocycles. The predicted molar refractivity (Wildman–Crippen MR) is 66.9 cm³/mol. The van der Waals surface area contributed by atoms with Crippen LogP contribution in [0.2, 0.25) is 0 Å². The first-order valence-corrected chi connectivity index (χ1v) is 4.50. The molecule has 0 saturated heterocycles. The van der Waals surface area contributed by atoms with Crippen LogP contribution in [0.4, 0.5) is 0 Å². The Kier molecular flexibility index (Phi) is 180. The fourth-order valence-corrected chi connectivity index (χ4v) is 0. The van der Waals surface area contributed by atoms with Gasteiger partial charge >= 0.3 is 62.2 Å². The van der Waals surface area contributed by atoms with Crippen LogP contribution in [0.5, 0.6) is 0 Å². The molecule has 0 heterocycles. The molecule has 0 atom stereocenters. The molecule has 0 N–H and O–H groups in total. The first kappa shape index (κ1) is 56.7. The Morgan fingerprint density at radius 1 is 0.667 bits per heavy atom. The van der Waals surface area contributed by atoms with Crippen molar-refractivity contribution in [2.24, 2.45) is 0 Å². The maximum Gasteiger partial charge on any atom is 2.00 e. The van der Waals surface area contributed by atoms with Crippen LogP contribution < -0.4 is 0 Å². The van der Waals surface area contributed by atoms with Crippen LogP contribution in [0.25, 0.3) is 0 Å². The van der Waals surface area contributed by atoms with Crippen molar-refractivity contribution < 1.29 is 157 Å². The molecular formula is C13H29U4Y-. The summed E-state index contributed by atoms with van der Waals surface area (Å²) in [5.41, 5.74) is 0. The predicted octanol–water partition coefficient (Wildman–Crippen LogP) is 5.12. The topological polar surface area (TPSA) is 0 Å². The van der Waals surface area contributed by atoms with Crippen LogP contribution in [0.15, 0.2) is 0 Å². The van der Waals surface area contributed by atoms with Gasteiger partial charge < -0.3 is 33.1 Å². The summed E-state index contributed by atoms with van der Waals surface area (Å²) in [6, 6.07) is 0. The molecule has 0 nitrogen and oxygen atoms in total. The van der Waals surface area contributed by atoms with E-state index < -0.39 is 0 Å². The van der Waals surface area contributed by atoms with Crippen molar-refractivity contribution in [1.82, 2.24) is 0 Å². The minimum Gasteiger partial charge on any atom is -0.358 e. The van der Waals surface area contributed by atoms with Crippen molar-refractivity contribution >= 4 is 0 Å². The van der Waals surface area contributed by atoms with Gasteiger partial charge in [-0.1, -0.05) is 0 Å². The zero-order chi connectivity index (χ0) is 10.6. The zero-order valence-corrected chi connectivity index (χ0v) is 32.9. The van der Waals surface area contributed by atoms with Gasteiger partial charge in [-0.15, -0.1) is 0 Å². The van der Waals surface area contributed by atoms with Gasteiger partial charge in [-0.3, -0.25) is 0 Å². The van der Waals surface area contributed by atoms with E-state index >= 15 is 0 Å². The van der Waals surface area contributed by atoms with E-state index in [1.807, 2.05) is 0 Å². The van der Waals surface area contributed by atoms with E-state index in [0.29, 0.717) is 0 Å². The number of hydrogen-bond acceptors (Lipinski definition) is 0. The minimum atomic E-state index is 0. The number of unbranched alkanes of at least 4 members (excludes halogenated alkanes) is 1. The second-order valence-corrected chi connectivity index (χ2v) is 3.71. The molecule has 0 aliphatic heterocycles. The van der Waals surface area contributed by atoms with Crippen LogP contribution in [-0.4, -0.2) is 0 Å². The number of hydrogen-bond donors (Lipinski definition) is 0. The molecule has 0 aliphatic carbocycles. The zero-order valence-electron chi connectivity index (χ0n) is 13.4. The summed E-state index contributed by atoms with van der Waals surface area (Å²) in [6.45, 7) is 19.6. The third-order valence-corrected chi connectivity index (χ3v) is 0.250. The van der Waals surface area contributed by atoms with E-state index in [-0.39, 0.29) is 165 Å². The van der Waals surface area contributed by atoms with E-state index in [2.05, 4.69) is 55.4 Å². The quantitative estimate of drug-likeness (QED) is 0.321. The molecule has 18 heavy (non-hydrogen) atoms. The van der Waals surface area contributed by atoms with Crippen LogP contribution in [-0.2, 0) is 32.7 Å². The van der Waals surface area contributed by atoms with Gasteiger partial charge in [0.25, 0.3) is 0 Å². The fraction of sp³-hybridized carbons (Fsp3) is 0.615. The van der Waals surface area contributed by atoms with Gasteiger partial charge in [-0.05, 0) is 0 Å². The smallest absolute Gasteiger partial charge is 0.358 e. The second-order valence-electron chi connectivity index (χ2n) is 3.71. The summed E-state index contributed by atoms with van der Waals surface area (Å²) in [5.74, 6) is 2.83. The first-order chi connectivity index (χ1) is 5.38. The van der Waals surface area contributed by atoms with Crippen molar-refractivity contribution in [3.05, 3.63) is 33.1 Å². The first-order valence-electron chi connectivity index (χ1n) is 4.50. The summed E-state index contributed by atoms with van der Waals surface area (Å²) >= 11 is 0. The molecule has 0 aliphatic rings. The Bertz CT molecular complexity index is 49.4. The number of rotatable bonds is 1. The molecule has 5 heteroatoms. The molecule has 0 bridgehead atoms. The molecule has 0 saturated carbocycles. The van der Waals surface area contributed by atoms with Crippen molar-refractivity contribution in [2.75, 3.05) is 0 Å². The fourth-order valence-electron chi connectivity index (χ4n) is 0. The summed E-state index contributed by atoms with van der Waals surface area (Å²) in [7, 11) is 0. The third-order valence-electron chi connectivity index (χ3n) is 0.250. The standard InChI is InChI=1S/2C4H9.C4H8.CH3.4U.Y/c2*1-4(2)3;1-3-4-2;;;;;;/h2*1-3H3;1-4H2;1H3;;;;;/q2*-1;-2;-1;;;2*+2;. The normalized spacial score (nSPS) is 5.67. The monoisotopic (exact) mass is 1230 g/mol. The molecule has 101 valence electrons. The molecule has 0 fully saturated rings. The summed E-state index contributed by atoms with van der Waals surface area (Å²) in [5, 5.41) is 0. The molecule has 0 aromatic rings. The Hall–Kier alpha value is 5.31. The molecular weight excluding hydrogens is 1200 g/mol. The van der Waals surface area contributed by atoms with Crippen molar-refractivity contribution in [2.45, 2.75) is 54.4 Å². The summed E-state index contributed by atoms with van der Waals surface area (Å²) in [6.07, 6.45) is 1.92. The Balaban J connectivity index is -0.00000000827. The summed E-state index contributed by atoms with van der Waals surface area (Å²) in [4.78, 5) is 0. The molecule has 0 rings (SSSR count). The Labute approximate surface area is 239 Å². The van der Waals surface area contributed by atoms with Gasteiger partial charge in [-0.25, -0.2) is 12.8 Å². The van der Waals surface area contributed by atoms with Crippen LogP contribution in [0.3, 0.4) is 0 Å². The van der Waals surface area contributed by atoms with Gasteiger partial charge in [0.2, 0.25) is 0 Å². The van der Waals surface area contributed by atoms with E-state index in [0.717, 1.165) is 12.8 Å². The SMILES string of the molecule is C[C-](C)C.C[C-](C)C.[CH2-]CC[CH2-].[CH3-].[U+2].[U+2].[U].[U].[Y]. The van der Waals surface area contributed by atoms with E-state index in [9.17, 15) is 0 Å².